The van der Waals surface area contributed by atoms with Crippen LogP contribution in [-0.4, -0.2) is 6.16 Å². The summed E-state index contributed by atoms with van der Waals surface area (Å²) in [6.07, 6.45) is 1.66. The Morgan fingerprint density at radius 3 is 1.08 bits per heavy atom. The van der Waals surface area contributed by atoms with Gasteiger partial charge in [-0.2, -0.15) is 0 Å². The fourth-order valence-corrected chi connectivity index (χ4v) is 7.44. The second-order valence-electron chi connectivity index (χ2n) is 8.99. The molecule has 0 radical (unpaired) electrons. The van der Waals surface area contributed by atoms with Gasteiger partial charge in [0.25, 0.3) is 0 Å². The maximum Gasteiger partial charge on any atom is 0.143 e. The largest absolute Gasteiger partial charge is 0.314 e. The number of hydrogen-bond donors (Lipinski definition) is 0. The Morgan fingerprint density at radius 2 is 0.806 bits per heavy atom. The first-order valence-corrected chi connectivity index (χ1v) is 15.8. The van der Waals surface area contributed by atoms with Crippen LogP contribution in [0.1, 0.15) is 49.4 Å². The summed E-state index contributed by atoms with van der Waals surface area (Å²) in [6.45, 7) is 14.5. The maximum absolute atomic E-state index is 13.4. The molecule has 4 aromatic rings. The summed E-state index contributed by atoms with van der Waals surface area (Å²) >= 11 is 0. The summed E-state index contributed by atoms with van der Waals surface area (Å²) < 4.78 is 13.4. The van der Waals surface area contributed by atoms with Gasteiger partial charge in [-0.25, -0.2) is 0 Å². The quantitative estimate of drug-likeness (QED) is 0.237. The molecule has 4 rings (SSSR count). The van der Waals surface area contributed by atoms with Crippen LogP contribution < -0.4 is 21.2 Å². The first-order valence-electron chi connectivity index (χ1n) is 12.9. The summed E-state index contributed by atoms with van der Waals surface area (Å²) in [5.41, 5.74) is 5.06. The zero-order valence-corrected chi connectivity index (χ0v) is 24.9. The monoisotopic (exact) mass is 516 g/mol. The van der Waals surface area contributed by atoms with Crippen molar-refractivity contribution in [2.45, 2.75) is 54.9 Å². The molecule has 3 heteroatoms. The van der Waals surface area contributed by atoms with Crippen LogP contribution in [0.15, 0.2) is 97.1 Å². The highest BCUT2D eigenvalue weighted by molar-refractivity contribution is 7.78. The lowest BCUT2D eigenvalue weighted by Crippen LogP contribution is -2.18. The molecular weight excluding hydrogens is 474 g/mol. The van der Waals surface area contributed by atoms with Crippen LogP contribution in [0.2, 0.25) is 0 Å². The summed E-state index contributed by atoms with van der Waals surface area (Å²) in [4.78, 5) is 0. The Kier molecular flexibility index (Phi) is 12.4. The SMILES string of the molecule is CC.CCCP(=O)(c1ccc(C)cc1)c1ccc(C)cc1.Cc1ccc(Pc2ccc(C)cc2)cc1. The van der Waals surface area contributed by atoms with Crippen molar-refractivity contribution in [3.63, 3.8) is 0 Å². The van der Waals surface area contributed by atoms with E-state index >= 15 is 0 Å². The van der Waals surface area contributed by atoms with Crippen molar-refractivity contribution in [2.24, 2.45) is 0 Å². The number of aryl methyl sites for hydroxylation is 4. The molecule has 0 fully saturated rings. The van der Waals surface area contributed by atoms with E-state index in [4.69, 9.17) is 0 Å². The van der Waals surface area contributed by atoms with Gasteiger partial charge in [0.05, 0.1) is 0 Å². The highest BCUT2D eigenvalue weighted by Crippen LogP contribution is 2.43. The van der Waals surface area contributed by atoms with E-state index in [2.05, 4.69) is 83.1 Å². The average Bonchev–Trinajstić information content (AvgIpc) is 2.89. The zero-order chi connectivity index (χ0) is 26.6. The molecule has 0 aliphatic rings. The molecule has 0 atom stereocenters. The minimum atomic E-state index is -2.46. The molecule has 190 valence electrons. The van der Waals surface area contributed by atoms with E-state index < -0.39 is 7.14 Å². The molecule has 0 saturated heterocycles. The van der Waals surface area contributed by atoms with Crippen molar-refractivity contribution in [3.8, 4) is 0 Å². The fraction of sp³-hybridized carbons (Fsp3) is 0.273. The van der Waals surface area contributed by atoms with Crippen molar-refractivity contribution in [1.29, 1.82) is 0 Å². The van der Waals surface area contributed by atoms with Crippen molar-refractivity contribution in [3.05, 3.63) is 119 Å². The molecular formula is C33H42OP2. The maximum atomic E-state index is 13.4. The van der Waals surface area contributed by atoms with E-state index in [0.29, 0.717) is 0 Å². The van der Waals surface area contributed by atoms with Crippen LogP contribution in [0.25, 0.3) is 0 Å². The average molecular weight is 517 g/mol. The standard InChI is InChI=1S/C17H21OP.C14H15P.C2H6/c1-4-13-19(18,16-9-5-14(2)6-10-16)17-11-7-15(3)8-12-17;1-11-3-7-13(8-4-11)15-14-9-5-12(2)6-10-14;1-2/h5-12H,4,13H2,1-3H3;3-10,15H,1-2H3;1-2H3. The molecule has 0 heterocycles. The van der Waals surface area contributed by atoms with Crippen molar-refractivity contribution in [2.75, 3.05) is 6.16 Å². The van der Waals surface area contributed by atoms with Crippen LogP contribution in [-0.2, 0) is 4.57 Å². The Bertz CT molecular complexity index is 1110. The first kappa shape index (κ1) is 29.8. The van der Waals surface area contributed by atoms with Gasteiger partial charge in [0.15, 0.2) is 0 Å². The van der Waals surface area contributed by atoms with E-state index in [0.717, 1.165) is 31.8 Å². The Labute approximate surface area is 221 Å². The third-order valence-electron chi connectivity index (χ3n) is 5.83. The van der Waals surface area contributed by atoms with Crippen molar-refractivity contribution in [1.82, 2.24) is 0 Å². The Hall–Kier alpha value is -2.46. The van der Waals surface area contributed by atoms with E-state index in [1.807, 2.05) is 62.4 Å². The predicted molar refractivity (Wildman–Crippen MR) is 166 cm³/mol. The van der Waals surface area contributed by atoms with Gasteiger partial charge in [-0.05, 0) is 44.7 Å². The van der Waals surface area contributed by atoms with Gasteiger partial charge in [-0.3, -0.25) is 0 Å². The van der Waals surface area contributed by atoms with Crippen molar-refractivity contribution < 1.29 is 4.57 Å². The van der Waals surface area contributed by atoms with Gasteiger partial charge in [0.1, 0.15) is 7.14 Å². The highest BCUT2D eigenvalue weighted by atomic mass is 31.2. The van der Waals surface area contributed by atoms with E-state index in [9.17, 15) is 4.57 Å². The second-order valence-corrected chi connectivity index (χ2v) is 13.4. The summed E-state index contributed by atoms with van der Waals surface area (Å²) in [5, 5.41) is 4.77. The van der Waals surface area contributed by atoms with Gasteiger partial charge in [-0.15, -0.1) is 0 Å². The van der Waals surface area contributed by atoms with Gasteiger partial charge in [-0.1, -0.05) is 149 Å². The first-order chi connectivity index (χ1) is 17.3. The lowest BCUT2D eigenvalue weighted by molar-refractivity contribution is 0.586. The topological polar surface area (TPSA) is 17.1 Å². The minimum absolute atomic E-state index is 0.735. The third kappa shape index (κ3) is 8.89. The lowest BCUT2D eigenvalue weighted by atomic mass is 10.2. The Morgan fingerprint density at radius 1 is 0.528 bits per heavy atom. The number of rotatable bonds is 6. The van der Waals surface area contributed by atoms with Gasteiger partial charge >= 0.3 is 0 Å². The second kappa shape index (κ2) is 14.9. The van der Waals surface area contributed by atoms with Gasteiger partial charge in [0.2, 0.25) is 0 Å². The van der Waals surface area contributed by atoms with Crippen molar-refractivity contribution >= 4 is 36.9 Å². The highest BCUT2D eigenvalue weighted by Gasteiger charge is 2.25. The molecule has 36 heavy (non-hydrogen) atoms. The molecule has 0 aromatic heterocycles. The molecule has 0 unspecified atom stereocenters. The molecule has 0 amide bonds. The van der Waals surface area contributed by atoms with Gasteiger partial charge < -0.3 is 4.57 Å². The summed E-state index contributed by atoms with van der Waals surface area (Å²) in [7, 11) is -1.69. The molecule has 0 aliphatic heterocycles. The number of benzene rings is 4. The predicted octanol–water partition coefficient (Wildman–Crippen LogP) is 7.99. The van der Waals surface area contributed by atoms with Crippen LogP contribution in [0.4, 0.5) is 0 Å². The zero-order valence-electron chi connectivity index (χ0n) is 23.0. The molecule has 1 nitrogen and oxygen atoms in total. The fourth-order valence-electron chi connectivity index (χ4n) is 3.73. The minimum Gasteiger partial charge on any atom is -0.314 e. The molecule has 0 spiro atoms. The Balaban J connectivity index is 0.000000243. The molecule has 4 aromatic carbocycles. The lowest BCUT2D eigenvalue weighted by Gasteiger charge is -2.19. The number of hydrogen-bond acceptors (Lipinski definition) is 1. The normalized spacial score (nSPS) is 10.5. The third-order valence-corrected chi connectivity index (χ3v) is 10.4. The van der Waals surface area contributed by atoms with E-state index in [1.54, 1.807) is 0 Å². The van der Waals surface area contributed by atoms with Crippen LogP contribution in [0, 0.1) is 27.7 Å². The smallest absolute Gasteiger partial charge is 0.143 e. The van der Waals surface area contributed by atoms with Crippen LogP contribution in [0.5, 0.6) is 0 Å². The summed E-state index contributed by atoms with van der Waals surface area (Å²) in [5.74, 6) is 0. The van der Waals surface area contributed by atoms with E-state index in [1.165, 1.54) is 32.9 Å². The summed E-state index contributed by atoms with van der Waals surface area (Å²) in [6, 6.07) is 33.8. The van der Waals surface area contributed by atoms with E-state index in [-0.39, 0.29) is 0 Å². The molecule has 0 bridgehead atoms. The molecule has 0 N–H and O–H groups in total. The van der Waals surface area contributed by atoms with Crippen LogP contribution in [0.3, 0.4) is 0 Å². The van der Waals surface area contributed by atoms with Gasteiger partial charge in [0, 0.05) is 16.8 Å². The van der Waals surface area contributed by atoms with Crippen LogP contribution >= 0.6 is 15.7 Å². The molecule has 0 saturated carbocycles. The molecule has 0 aliphatic carbocycles.